The fourth-order valence-electron chi connectivity index (χ4n) is 4.13. The molecule has 0 bridgehead atoms. The number of benzene rings is 1. The number of methoxy groups -OCH3 is 1. The van der Waals surface area contributed by atoms with Gasteiger partial charge < -0.3 is 19.5 Å². The van der Waals surface area contributed by atoms with E-state index in [0.717, 1.165) is 62.0 Å². The second kappa shape index (κ2) is 6.96. The van der Waals surface area contributed by atoms with Gasteiger partial charge in [-0.3, -0.25) is 4.79 Å². The average molecular weight is 369 g/mol. The second-order valence-corrected chi connectivity index (χ2v) is 7.81. The number of likely N-dealkylation sites (tertiary alicyclic amines) is 1. The molecule has 7 nitrogen and oxygen atoms in total. The molecule has 1 saturated heterocycles. The average Bonchev–Trinajstić information content (AvgIpc) is 3.33. The van der Waals surface area contributed by atoms with E-state index in [9.17, 15) is 4.79 Å². The highest BCUT2D eigenvalue weighted by molar-refractivity contribution is 5.88. The van der Waals surface area contributed by atoms with Crippen LogP contribution in [0.3, 0.4) is 0 Å². The maximum atomic E-state index is 13.5. The normalized spacial score (nSPS) is 19.8. The first-order valence-electron chi connectivity index (χ1n) is 9.60. The molecule has 1 aromatic carbocycles. The Bertz CT molecular complexity index is 827. The number of nitrogens with one attached hydrogen (secondary N) is 1. The third-order valence-electron chi connectivity index (χ3n) is 5.81. The van der Waals surface area contributed by atoms with Crippen molar-refractivity contribution in [1.29, 1.82) is 0 Å². The number of carbonyl (C=O) groups is 1. The van der Waals surface area contributed by atoms with E-state index in [1.54, 1.807) is 7.11 Å². The molecule has 1 atom stereocenters. The number of fused-ring (bicyclic) bond motifs is 1. The predicted octanol–water partition coefficient (Wildman–Crippen LogP) is 2.03. The van der Waals surface area contributed by atoms with Crippen LogP contribution >= 0.6 is 0 Å². The molecule has 1 aromatic heterocycles. The third kappa shape index (κ3) is 3.10. The molecular formula is C20H27N5O2. The van der Waals surface area contributed by atoms with Crippen LogP contribution in [-0.4, -0.2) is 45.8 Å². The molecule has 1 fully saturated rings. The number of aromatic nitrogens is 3. The number of nitrogens with zero attached hydrogens (tertiary/aromatic N) is 4. The van der Waals surface area contributed by atoms with Gasteiger partial charge in [0.1, 0.15) is 11.6 Å². The lowest BCUT2D eigenvalue weighted by Gasteiger charge is -2.33. The van der Waals surface area contributed by atoms with Gasteiger partial charge in [-0.05, 0) is 44.4 Å². The summed E-state index contributed by atoms with van der Waals surface area (Å²) in [6.45, 7) is 7.27. The Morgan fingerprint density at radius 1 is 1.22 bits per heavy atom. The largest absolute Gasteiger partial charge is 0.497 e. The fourth-order valence-corrected chi connectivity index (χ4v) is 4.13. The number of hydrogen-bond acceptors (Lipinski definition) is 5. The predicted molar refractivity (Wildman–Crippen MR) is 101 cm³/mol. The molecule has 0 unspecified atom stereocenters. The van der Waals surface area contributed by atoms with Crippen molar-refractivity contribution in [3.63, 3.8) is 0 Å². The molecule has 4 rings (SSSR count). The summed E-state index contributed by atoms with van der Waals surface area (Å²) in [6, 6.07) is 7.79. The minimum Gasteiger partial charge on any atom is -0.497 e. The van der Waals surface area contributed by atoms with Crippen molar-refractivity contribution < 1.29 is 9.53 Å². The molecule has 2 aliphatic heterocycles. The van der Waals surface area contributed by atoms with Gasteiger partial charge in [0.05, 0.1) is 25.1 Å². The molecular weight excluding hydrogens is 342 g/mol. The number of carbonyl (C=O) groups excluding carboxylic acids is 1. The fraction of sp³-hybridized carbons (Fsp3) is 0.550. The zero-order chi connectivity index (χ0) is 19.0. The molecule has 3 heterocycles. The highest BCUT2D eigenvalue weighted by Gasteiger charge is 2.41. The number of hydrogen-bond donors (Lipinski definition) is 1. The van der Waals surface area contributed by atoms with Crippen LogP contribution in [0.15, 0.2) is 24.3 Å². The molecule has 0 saturated carbocycles. The maximum absolute atomic E-state index is 13.5. The summed E-state index contributed by atoms with van der Waals surface area (Å²) >= 11 is 0. The standard InChI is InChI=1S/C20H27N5O2/c1-20(2,14-6-8-15(27-3)9-7-14)19(26)24-11-4-5-16(24)18-23-22-17-13-21-10-12-25(17)18/h6-9,16,21H,4-5,10-13H2,1-3H3/t16-/m0/s1. The van der Waals surface area contributed by atoms with Gasteiger partial charge in [-0.2, -0.15) is 0 Å². The van der Waals surface area contributed by atoms with Gasteiger partial charge in [-0.25, -0.2) is 0 Å². The van der Waals surface area contributed by atoms with Crippen LogP contribution in [0.1, 0.15) is 49.9 Å². The molecule has 144 valence electrons. The van der Waals surface area contributed by atoms with Crippen LogP contribution in [-0.2, 0) is 23.3 Å². The molecule has 0 aliphatic carbocycles. The van der Waals surface area contributed by atoms with Crippen LogP contribution in [0.4, 0.5) is 0 Å². The summed E-state index contributed by atoms with van der Waals surface area (Å²) in [5.74, 6) is 2.83. The Hall–Kier alpha value is -2.41. The molecule has 27 heavy (non-hydrogen) atoms. The van der Waals surface area contributed by atoms with Crippen molar-refractivity contribution >= 4 is 5.91 Å². The van der Waals surface area contributed by atoms with Gasteiger partial charge in [0.25, 0.3) is 0 Å². The highest BCUT2D eigenvalue weighted by atomic mass is 16.5. The second-order valence-electron chi connectivity index (χ2n) is 7.81. The number of amides is 1. The summed E-state index contributed by atoms with van der Waals surface area (Å²) in [5.41, 5.74) is 0.382. The molecule has 2 aromatic rings. The number of ether oxygens (including phenoxy) is 1. The van der Waals surface area contributed by atoms with Crippen molar-refractivity contribution in [2.24, 2.45) is 0 Å². The zero-order valence-corrected chi connectivity index (χ0v) is 16.2. The Morgan fingerprint density at radius 2 is 2.00 bits per heavy atom. The molecule has 2 aliphatic rings. The first-order valence-corrected chi connectivity index (χ1v) is 9.60. The molecule has 7 heteroatoms. The Morgan fingerprint density at radius 3 is 2.74 bits per heavy atom. The molecule has 1 amide bonds. The lowest BCUT2D eigenvalue weighted by Crippen LogP contribution is -2.44. The monoisotopic (exact) mass is 369 g/mol. The summed E-state index contributed by atoms with van der Waals surface area (Å²) in [4.78, 5) is 15.5. The van der Waals surface area contributed by atoms with Gasteiger partial charge in [0, 0.05) is 19.6 Å². The molecule has 1 N–H and O–H groups in total. The van der Waals surface area contributed by atoms with Crippen molar-refractivity contribution in [3.05, 3.63) is 41.5 Å². The van der Waals surface area contributed by atoms with Crippen LogP contribution in [0.25, 0.3) is 0 Å². The zero-order valence-electron chi connectivity index (χ0n) is 16.2. The van der Waals surface area contributed by atoms with Gasteiger partial charge in [0.15, 0.2) is 5.82 Å². The number of rotatable bonds is 4. The van der Waals surface area contributed by atoms with Crippen LogP contribution in [0, 0.1) is 0 Å². The van der Waals surface area contributed by atoms with Gasteiger partial charge in [0.2, 0.25) is 5.91 Å². The van der Waals surface area contributed by atoms with Crippen LogP contribution < -0.4 is 10.1 Å². The molecule has 0 spiro atoms. The summed E-state index contributed by atoms with van der Waals surface area (Å²) in [6.07, 6.45) is 1.94. The van der Waals surface area contributed by atoms with E-state index < -0.39 is 5.41 Å². The summed E-state index contributed by atoms with van der Waals surface area (Å²) in [5, 5.41) is 12.1. The summed E-state index contributed by atoms with van der Waals surface area (Å²) < 4.78 is 7.43. The Labute approximate surface area is 159 Å². The lowest BCUT2D eigenvalue weighted by molar-refractivity contribution is -0.137. The lowest BCUT2D eigenvalue weighted by atomic mass is 9.83. The minimum absolute atomic E-state index is 0.00868. The van der Waals surface area contributed by atoms with Crippen LogP contribution in [0.2, 0.25) is 0 Å². The SMILES string of the molecule is COc1ccc(C(C)(C)C(=O)N2CCC[C@H]2c2nnc3n2CCNC3)cc1. The third-order valence-corrected chi connectivity index (χ3v) is 5.81. The maximum Gasteiger partial charge on any atom is 0.233 e. The van der Waals surface area contributed by atoms with E-state index in [-0.39, 0.29) is 11.9 Å². The molecule has 0 radical (unpaired) electrons. The first-order chi connectivity index (χ1) is 13.0. The van der Waals surface area contributed by atoms with Crippen molar-refractivity contribution in [3.8, 4) is 5.75 Å². The van der Waals surface area contributed by atoms with Gasteiger partial charge >= 0.3 is 0 Å². The Kier molecular flexibility index (Phi) is 4.63. The van der Waals surface area contributed by atoms with Gasteiger partial charge in [-0.15, -0.1) is 10.2 Å². The van der Waals surface area contributed by atoms with E-state index in [0.29, 0.717) is 0 Å². The van der Waals surface area contributed by atoms with Crippen molar-refractivity contribution in [2.45, 2.75) is 51.2 Å². The van der Waals surface area contributed by atoms with E-state index in [4.69, 9.17) is 4.74 Å². The quantitative estimate of drug-likeness (QED) is 0.893. The van der Waals surface area contributed by atoms with E-state index in [1.165, 1.54) is 0 Å². The smallest absolute Gasteiger partial charge is 0.233 e. The van der Waals surface area contributed by atoms with E-state index >= 15 is 0 Å². The van der Waals surface area contributed by atoms with E-state index in [1.807, 2.05) is 43.0 Å². The van der Waals surface area contributed by atoms with Gasteiger partial charge in [-0.1, -0.05) is 12.1 Å². The minimum atomic E-state index is -0.610. The van der Waals surface area contributed by atoms with E-state index in [2.05, 4.69) is 20.1 Å². The highest BCUT2D eigenvalue weighted by Crippen LogP contribution is 2.36. The van der Waals surface area contributed by atoms with Crippen LogP contribution in [0.5, 0.6) is 5.75 Å². The Balaban J connectivity index is 1.61. The topological polar surface area (TPSA) is 72.3 Å². The summed E-state index contributed by atoms with van der Waals surface area (Å²) in [7, 11) is 1.65. The van der Waals surface area contributed by atoms with Crippen molar-refractivity contribution in [2.75, 3.05) is 20.2 Å². The van der Waals surface area contributed by atoms with Crippen molar-refractivity contribution in [1.82, 2.24) is 25.0 Å². The first kappa shape index (κ1) is 18.0.